The smallest absolute Gasteiger partial charge is 0.240 e. The molecule has 1 aromatic heterocycles. The Balaban J connectivity index is 1.61. The summed E-state index contributed by atoms with van der Waals surface area (Å²) in [6, 6.07) is 14.0. The molecule has 29 heavy (non-hydrogen) atoms. The average Bonchev–Trinajstić information content (AvgIpc) is 2.97. The summed E-state index contributed by atoms with van der Waals surface area (Å²) in [6.07, 6.45) is -0.0597. The Hall–Kier alpha value is -3.04. The van der Waals surface area contributed by atoms with E-state index >= 15 is 0 Å². The summed E-state index contributed by atoms with van der Waals surface area (Å²) in [5, 5.41) is 7.26. The molecular weight excluding hydrogens is 395 g/mol. The molecule has 0 atom stereocenters. The molecule has 0 saturated carbocycles. The van der Waals surface area contributed by atoms with Gasteiger partial charge < -0.3 is 5.32 Å². The fourth-order valence-electron chi connectivity index (χ4n) is 2.84. The minimum Gasteiger partial charge on any atom is -0.323 e. The van der Waals surface area contributed by atoms with Crippen LogP contribution in [0, 0.1) is 19.7 Å². The van der Waals surface area contributed by atoms with Crippen molar-refractivity contribution in [3.05, 3.63) is 71.8 Å². The molecule has 0 unspecified atom stereocenters. The third-order valence-corrected chi connectivity index (χ3v) is 5.80. The molecule has 7 nitrogen and oxygen atoms in total. The Kier molecular flexibility index (Phi) is 6.09. The third-order valence-electron chi connectivity index (χ3n) is 4.32. The van der Waals surface area contributed by atoms with Crippen molar-refractivity contribution in [1.29, 1.82) is 0 Å². The number of anilines is 1. The standard InChI is InChI=1S/C20H21FN4O3S/c1-14-20(15(2)25(24-14)17-6-4-3-5-7-17)23-19(26)12-13-22-29(27,28)18-10-8-16(21)9-11-18/h3-11,22H,12-13H2,1-2H3,(H,23,26). The van der Waals surface area contributed by atoms with Crippen molar-refractivity contribution in [2.45, 2.75) is 25.2 Å². The predicted molar refractivity (Wildman–Crippen MR) is 108 cm³/mol. The predicted octanol–water partition coefficient (Wildman–Crippen LogP) is 2.94. The quantitative estimate of drug-likeness (QED) is 0.619. The van der Waals surface area contributed by atoms with Gasteiger partial charge in [-0.1, -0.05) is 18.2 Å². The van der Waals surface area contributed by atoms with E-state index in [1.54, 1.807) is 11.6 Å². The molecule has 0 spiro atoms. The maximum atomic E-state index is 12.9. The Morgan fingerprint density at radius 3 is 2.38 bits per heavy atom. The summed E-state index contributed by atoms with van der Waals surface area (Å²) in [5.74, 6) is -0.865. The molecule has 1 heterocycles. The molecule has 0 aliphatic rings. The fourth-order valence-corrected chi connectivity index (χ4v) is 3.87. The summed E-state index contributed by atoms with van der Waals surface area (Å²) in [6.45, 7) is 3.55. The van der Waals surface area contributed by atoms with Gasteiger partial charge in [-0.2, -0.15) is 5.10 Å². The lowest BCUT2D eigenvalue weighted by Crippen LogP contribution is -2.28. The highest BCUT2D eigenvalue weighted by Crippen LogP contribution is 2.22. The van der Waals surface area contributed by atoms with Crippen LogP contribution < -0.4 is 10.0 Å². The summed E-state index contributed by atoms with van der Waals surface area (Å²) >= 11 is 0. The lowest BCUT2D eigenvalue weighted by Gasteiger charge is -2.09. The molecule has 0 aliphatic carbocycles. The number of amides is 1. The number of para-hydroxylation sites is 1. The number of rotatable bonds is 7. The molecule has 0 bridgehead atoms. The summed E-state index contributed by atoms with van der Waals surface area (Å²) in [7, 11) is -3.81. The van der Waals surface area contributed by atoms with Crippen LogP contribution in [0.15, 0.2) is 59.5 Å². The topological polar surface area (TPSA) is 93.1 Å². The second-order valence-corrected chi connectivity index (χ2v) is 8.21. The van der Waals surface area contributed by atoms with E-state index < -0.39 is 15.8 Å². The average molecular weight is 416 g/mol. The van der Waals surface area contributed by atoms with Crippen LogP contribution in [0.3, 0.4) is 0 Å². The second kappa shape index (κ2) is 8.54. The molecule has 9 heteroatoms. The molecular formula is C20H21FN4O3S. The molecule has 152 valence electrons. The van der Waals surface area contributed by atoms with Gasteiger partial charge >= 0.3 is 0 Å². The van der Waals surface area contributed by atoms with E-state index in [1.165, 1.54) is 12.1 Å². The van der Waals surface area contributed by atoms with Crippen LogP contribution in [0.25, 0.3) is 5.69 Å². The van der Waals surface area contributed by atoms with Crippen molar-refractivity contribution in [3.63, 3.8) is 0 Å². The number of aryl methyl sites for hydroxylation is 1. The number of carbonyl (C=O) groups is 1. The Bertz CT molecular complexity index is 1110. The van der Waals surface area contributed by atoms with Crippen molar-refractivity contribution in [1.82, 2.24) is 14.5 Å². The fraction of sp³-hybridized carbons (Fsp3) is 0.200. The first-order valence-corrected chi connectivity index (χ1v) is 10.4. The molecule has 2 aromatic carbocycles. The zero-order chi connectivity index (χ0) is 21.0. The van der Waals surface area contributed by atoms with Gasteiger partial charge in [0.05, 0.1) is 27.7 Å². The second-order valence-electron chi connectivity index (χ2n) is 6.44. The minimum atomic E-state index is -3.81. The number of hydrogen-bond donors (Lipinski definition) is 2. The number of sulfonamides is 1. The Morgan fingerprint density at radius 2 is 1.72 bits per heavy atom. The van der Waals surface area contributed by atoms with Gasteiger partial charge in [-0.15, -0.1) is 0 Å². The molecule has 2 N–H and O–H groups in total. The van der Waals surface area contributed by atoms with E-state index in [2.05, 4.69) is 15.1 Å². The van der Waals surface area contributed by atoms with Crippen LogP contribution in [0.2, 0.25) is 0 Å². The van der Waals surface area contributed by atoms with Crippen molar-refractivity contribution < 1.29 is 17.6 Å². The van der Waals surface area contributed by atoms with E-state index in [4.69, 9.17) is 0 Å². The largest absolute Gasteiger partial charge is 0.323 e. The normalized spacial score (nSPS) is 11.4. The zero-order valence-corrected chi connectivity index (χ0v) is 16.8. The van der Waals surface area contributed by atoms with Crippen LogP contribution in [0.4, 0.5) is 10.1 Å². The maximum absolute atomic E-state index is 12.9. The lowest BCUT2D eigenvalue weighted by atomic mass is 10.2. The van der Waals surface area contributed by atoms with Crippen LogP contribution in [0.5, 0.6) is 0 Å². The lowest BCUT2D eigenvalue weighted by molar-refractivity contribution is -0.116. The number of nitrogens with one attached hydrogen (secondary N) is 2. The van der Waals surface area contributed by atoms with E-state index in [9.17, 15) is 17.6 Å². The Morgan fingerprint density at radius 1 is 1.07 bits per heavy atom. The summed E-state index contributed by atoms with van der Waals surface area (Å²) in [4.78, 5) is 12.2. The van der Waals surface area contributed by atoms with Crippen LogP contribution in [-0.4, -0.2) is 30.7 Å². The first kappa shape index (κ1) is 20.7. The SMILES string of the molecule is Cc1nn(-c2ccccc2)c(C)c1NC(=O)CCNS(=O)(=O)c1ccc(F)cc1. The van der Waals surface area contributed by atoms with Gasteiger partial charge in [0.15, 0.2) is 0 Å². The van der Waals surface area contributed by atoms with Gasteiger partial charge in [0.25, 0.3) is 0 Å². The van der Waals surface area contributed by atoms with Gasteiger partial charge in [-0.05, 0) is 50.2 Å². The van der Waals surface area contributed by atoms with Crippen molar-refractivity contribution in [2.24, 2.45) is 0 Å². The number of benzene rings is 2. The number of halogens is 1. The van der Waals surface area contributed by atoms with Gasteiger partial charge in [-0.25, -0.2) is 22.2 Å². The van der Waals surface area contributed by atoms with Crippen LogP contribution in [0.1, 0.15) is 17.8 Å². The van der Waals surface area contributed by atoms with Gasteiger partial charge in [0, 0.05) is 13.0 Å². The van der Waals surface area contributed by atoms with E-state index in [1.807, 2.05) is 37.3 Å². The molecule has 0 aliphatic heterocycles. The Labute approximate surface area is 168 Å². The summed E-state index contributed by atoms with van der Waals surface area (Å²) in [5.41, 5.74) is 2.90. The number of nitrogens with zero attached hydrogens (tertiary/aromatic N) is 2. The van der Waals surface area contributed by atoms with Crippen molar-refractivity contribution >= 4 is 21.6 Å². The van der Waals surface area contributed by atoms with E-state index in [0.29, 0.717) is 11.4 Å². The van der Waals surface area contributed by atoms with E-state index in [0.717, 1.165) is 23.5 Å². The summed E-state index contributed by atoms with van der Waals surface area (Å²) < 4.78 is 41.4. The van der Waals surface area contributed by atoms with Crippen LogP contribution in [-0.2, 0) is 14.8 Å². The monoisotopic (exact) mass is 416 g/mol. The first-order chi connectivity index (χ1) is 13.8. The molecule has 0 saturated heterocycles. The molecule has 3 rings (SSSR count). The van der Waals surface area contributed by atoms with Crippen molar-refractivity contribution in [3.8, 4) is 5.69 Å². The number of carbonyl (C=O) groups excluding carboxylic acids is 1. The maximum Gasteiger partial charge on any atom is 0.240 e. The first-order valence-electron chi connectivity index (χ1n) is 8.94. The van der Waals surface area contributed by atoms with Crippen molar-refractivity contribution in [2.75, 3.05) is 11.9 Å². The van der Waals surface area contributed by atoms with Crippen LogP contribution >= 0.6 is 0 Å². The molecule has 0 fully saturated rings. The number of hydrogen-bond acceptors (Lipinski definition) is 4. The van der Waals surface area contributed by atoms with E-state index in [-0.39, 0.29) is 23.8 Å². The van der Waals surface area contributed by atoms with Gasteiger partial charge in [0.2, 0.25) is 15.9 Å². The number of aromatic nitrogens is 2. The van der Waals surface area contributed by atoms with Gasteiger partial charge in [-0.3, -0.25) is 4.79 Å². The minimum absolute atomic E-state index is 0.0597. The zero-order valence-electron chi connectivity index (χ0n) is 16.0. The molecule has 1 amide bonds. The molecule has 0 radical (unpaired) electrons. The third kappa shape index (κ3) is 4.87. The molecule has 3 aromatic rings. The highest BCUT2D eigenvalue weighted by molar-refractivity contribution is 7.89. The highest BCUT2D eigenvalue weighted by atomic mass is 32.2. The highest BCUT2D eigenvalue weighted by Gasteiger charge is 2.17. The van der Waals surface area contributed by atoms with Gasteiger partial charge in [0.1, 0.15) is 5.82 Å².